The first kappa shape index (κ1) is 12.5. The van der Waals surface area contributed by atoms with E-state index in [0.717, 1.165) is 19.5 Å². The summed E-state index contributed by atoms with van der Waals surface area (Å²) < 4.78 is 0. The summed E-state index contributed by atoms with van der Waals surface area (Å²) in [5.41, 5.74) is 2.48. The van der Waals surface area contributed by atoms with Gasteiger partial charge in [0, 0.05) is 24.3 Å². The SMILES string of the molecule is Cc1cncc(CN(C)CCC(C)Cl)c1. The lowest BCUT2D eigenvalue weighted by molar-refractivity contribution is 0.321. The first-order valence-corrected chi connectivity index (χ1v) is 5.74. The molecule has 1 aromatic rings. The van der Waals surface area contributed by atoms with E-state index in [1.54, 1.807) is 0 Å². The number of nitrogens with zero attached hydrogens (tertiary/aromatic N) is 2. The van der Waals surface area contributed by atoms with Gasteiger partial charge in [0.1, 0.15) is 0 Å². The number of rotatable bonds is 5. The van der Waals surface area contributed by atoms with Gasteiger partial charge in [0.2, 0.25) is 0 Å². The molecule has 0 saturated carbocycles. The number of hydrogen-bond acceptors (Lipinski definition) is 2. The molecule has 0 aliphatic rings. The van der Waals surface area contributed by atoms with Crippen molar-refractivity contribution in [2.24, 2.45) is 0 Å². The number of halogens is 1. The van der Waals surface area contributed by atoms with E-state index < -0.39 is 0 Å². The van der Waals surface area contributed by atoms with Crippen LogP contribution in [0.2, 0.25) is 0 Å². The minimum atomic E-state index is 0.253. The molecular weight excluding hydrogens is 208 g/mol. The van der Waals surface area contributed by atoms with Crippen LogP contribution in [0.5, 0.6) is 0 Å². The van der Waals surface area contributed by atoms with E-state index in [1.807, 2.05) is 19.3 Å². The second-order valence-corrected chi connectivity index (χ2v) is 4.92. The number of pyridine rings is 1. The third-order valence-electron chi connectivity index (χ3n) is 2.29. The molecule has 15 heavy (non-hydrogen) atoms. The Morgan fingerprint density at radius 3 is 2.80 bits per heavy atom. The van der Waals surface area contributed by atoms with E-state index in [1.165, 1.54) is 11.1 Å². The fourth-order valence-electron chi connectivity index (χ4n) is 1.49. The largest absolute Gasteiger partial charge is 0.302 e. The summed E-state index contributed by atoms with van der Waals surface area (Å²) in [4.78, 5) is 6.45. The molecule has 0 N–H and O–H groups in total. The fraction of sp³-hybridized carbons (Fsp3) is 0.583. The molecule has 0 spiro atoms. The maximum absolute atomic E-state index is 5.91. The summed E-state index contributed by atoms with van der Waals surface area (Å²) in [6, 6.07) is 2.17. The molecule has 2 nitrogen and oxygen atoms in total. The molecule has 0 aromatic carbocycles. The Bertz CT molecular complexity index is 299. The topological polar surface area (TPSA) is 16.1 Å². The highest BCUT2D eigenvalue weighted by molar-refractivity contribution is 6.20. The van der Waals surface area contributed by atoms with E-state index in [9.17, 15) is 0 Å². The second kappa shape index (κ2) is 6.09. The molecule has 1 rings (SSSR count). The Kier molecular flexibility index (Phi) is 5.06. The summed E-state index contributed by atoms with van der Waals surface area (Å²) in [6.07, 6.45) is 4.83. The van der Waals surface area contributed by atoms with Gasteiger partial charge in [-0.05, 0) is 45.0 Å². The zero-order valence-corrected chi connectivity index (χ0v) is 10.5. The minimum absolute atomic E-state index is 0.253. The Hall–Kier alpha value is -0.600. The van der Waals surface area contributed by atoms with Gasteiger partial charge >= 0.3 is 0 Å². The summed E-state index contributed by atoms with van der Waals surface area (Å²) in [5, 5.41) is 0.253. The molecule has 0 aliphatic carbocycles. The van der Waals surface area contributed by atoms with Gasteiger partial charge in [0.05, 0.1) is 0 Å². The normalized spacial score (nSPS) is 13.1. The van der Waals surface area contributed by atoms with Crippen LogP contribution in [0, 0.1) is 6.92 Å². The summed E-state index contributed by atoms with van der Waals surface area (Å²) in [6.45, 7) is 6.07. The number of alkyl halides is 1. The van der Waals surface area contributed by atoms with Crippen LogP contribution in [-0.4, -0.2) is 28.9 Å². The smallest absolute Gasteiger partial charge is 0.0320 e. The van der Waals surface area contributed by atoms with E-state index in [0.29, 0.717) is 0 Å². The van der Waals surface area contributed by atoms with Crippen molar-refractivity contribution in [1.82, 2.24) is 9.88 Å². The molecule has 0 fully saturated rings. The van der Waals surface area contributed by atoms with Crippen molar-refractivity contribution in [3.8, 4) is 0 Å². The first-order valence-electron chi connectivity index (χ1n) is 5.31. The average Bonchev–Trinajstić information content (AvgIpc) is 2.15. The van der Waals surface area contributed by atoms with Crippen molar-refractivity contribution in [2.45, 2.75) is 32.2 Å². The number of hydrogen-bond donors (Lipinski definition) is 0. The van der Waals surface area contributed by atoms with Crippen molar-refractivity contribution in [1.29, 1.82) is 0 Å². The van der Waals surface area contributed by atoms with Gasteiger partial charge in [-0.1, -0.05) is 6.07 Å². The molecule has 1 unspecified atom stereocenters. The molecule has 3 heteroatoms. The second-order valence-electron chi connectivity index (χ2n) is 4.18. The molecule has 84 valence electrons. The van der Waals surface area contributed by atoms with Crippen molar-refractivity contribution in [3.05, 3.63) is 29.6 Å². The molecule has 0 bridgehead atoms. The van der Waals surface area contributed by atoms with Gasteiger partial charge in [-0.3, -0.25) is 4.98 Å². The number of aryl methyl sites for hydroxylation is 1. The van der Waals surface area contributed by atoms with Crippen LogP contribution in [0.4, 0.5) is 0 Å². The quantitative estimate of drug-likeness (QED) is 0.718. The van der Waals surface area contributed by atoms with Crippen LogP contribution in [0.15, 0.2) is 18.5 Å². The lowest BCUT2D eigenvalue weighted by Crippen LogP contribution is -2.21. The standard InChI is InChI=1S/C12H19ClN2/c1-10-6-12(8-14-7-10)9-15(3)5-4-11(2)13/h6-8,11H,4-5,9H2,1-3H3. The van der Waals surface area contributed by atoms with Crippen molar-refractivity contribution >= 4 is 11.6 Å². The number of aromatic nitrogens is 1. The minimum Gasteiger partial charge on any atom is -0.302 e. The predicted molar refractivity (Wildman–Crippen MR) is 65.2 cm³/mol. The van der Waals surface area contributed by atoms with Crippen molar-refractivity contribution in [2.75, 3.05) is 13.6 Å². The average molecular weight is 227 g/mol. The molecule has 0 amide bonds. The maximum Gasteiger partial charge on any atom is 0.0320 e. The van der Waals surface area contributed by atoms with Crippen molar-refractivity contribution < 1.29 is 0 Å². The van der Waals surface area contributed by atoms with Crippen LogP contribution in [0.25, 0.3) is 0 Å². The first-order chi connectivity index (χ1) is 7.08. The summed E-state index contributed by atoms with van der Waals surface area (Å²) in [5.74, 6) is 0. The van der Waals surface area contributed by atoms with Crippen LogP contribution < -0.4 is 0 Å². The molecule has 0 aliphatic heterocycles. The van der Waals surface area contributed by atoms with Gasteiger partial charge < -0.3 is 4.90 Å². The van der Waals surface area contributed by atoms with Gasteiger partial charge in [0.15, 0.2) is 0 Å². The van der Waals surface area contributed by atoms with E-state index in [-0.39, 0.29) is 5.38 Å². The molecule has 1 heterocycles. The van der Waals surface area contributed by atoms with E-state index in [2.05, 4.69) is 29.9 Å². The zero-order valence-electron chi connectivity index (χ0n) is 9.70. The Morgan fingerprint density at radius 1 is 1.47 bits per heavy atom. The highest BCUT2D eigenvalue weighted by atomic mass is 35.5. The third-order valence-corrected chi connectivity index (χ3v) is 2.51. The lowest BCUT2D eigenvalue weighted by Gasteiger charge is -2.17. The van der Waals surface area contributed by atoms with Crippen LogP contribution in [0.1, 0.15) is 24.5 Å². The van der Waals surface area contributed by atoms with Crippen LogP contribution in [0.3, 0.4) is 0 Å². The maximum atomic E-state index is 5.91. The van der Waals surface area contributed by atoms with E-state index >= 15 is 0 Å². The Balaban J connectivity index is 2.40. The highest BCUT2D eigenvalue weighted by Gasteiger charge is 2.03. The van der Waals surface area contributed by atoms with Gasteiger partial charge in [-0.25, -0.2) is 0 Å². The van der Waals surface area contributed by atoms with E-state index in [4.69, 9.17) is 11.6 Å². The third kappa shape index (κ3) is 5.14. The van der Waals surface area contributed by atoms with Crippen LogP contribution in [-0.2, 0) is 6.54 Å². The monoisotopic (exact) mass is 226 g/mol. The Labute approximate surface area is 97.3 Å². The molecule has 1 aromatic heterocycles. The molecule has 0 saturated heterocycles. The summed E-state index contributed by atoms with van der Waals surface area (Å²) in [7, 11) is 2.11. The van der Waals surface area contributed by atoms with Crippen LogP contribution >= 0.6 is 11.6 Å². The highest BCUT2D eigenvalue weighted by Crippen LogP contribution is 2.06. The predicted octanol–water partition coefficient (Wildman–Crippen LogP) is 2.84. The Morgan fingerprint density at radius 2 is 2.20 bits per heavy atom. The molecular formula is C12H19ClN2. The van der Waals surface area contributed by atoms with Gasteiger partial charge in [0.25, 0.3) is 0 Å². The molecule has 1 atom stereocenters. The molecule has 0 radical (unpaired) electrons. The van der Waals surface area contributed by atoms with Crippen molar-refractivity contribution in [3.63, 3.8) is 0 Å². The van der Waals surface area contributed by atoms with Gasteiger partial charge in [-0.15, -0.1) is 11.6 Å². The fourth-order valence-corrected chi connectivity index (χ4v) is 1.59. The van der Waals surface area contributed by atoms with Gasteiger partial charge in [-0.2, -0.15) is 0 Å². The summed E-state index contributed by atoms with van der Waals surface area (Å²) >= 11 is 5.91. The lowest BCUT2D eigenvalue weighted by atomic mass is 10.2. The zero-order chi connectivity index (χ0) is 11.3.